The molecular formula is C20H30B2. The van der Waals surface area contributed by atoms with E-state index in [4.69, 9.17) is 0 Å². The van der Waals surface area contributed by atoms with Gasteiger partial charge in [0.2, 0.25) is 0 Å². The SMILES string of the molecule is Bc1ccc(C2CCC(/C=C/C3CCC(B)CC3)CC2)cc1. The maximum atomic E-state index is 2.58. The Bertz CT molecular complexity index is 475. The van der Waals surface area contributed by atoms with Crippen molar-refractivity contribution in [2.45, 2.75) is 63.1 Å². The molecule has 0 nitrogen and oxygen atoms in total. The van der Waals surface area contributed by atoms with Crippen molar-refractivity contribution in [3.8, 4) is 0 Å². The Balaban J connectivity index is 1.46. The predicted molar refractivity (Wildman–Crippen MR) is 103 cm³/mol. The summed E-state index contributed by atoms with van der Waals surface area (Å²) in [4.78, 5) is 0. The third-order valence-corrected chi connectivity index (χ3v) is 6.04. The Morgan fingerprint density at radius 3 is 1.77 bits per heavy atom. The molecule has 0 aliphatic heterocycles. The zero-order chi connectivity index (χ0) is 15.4. The fourth-order valence-electron chi connectivity index (χ4n) is 4.28. The maximum Gasteiger partial charge on any atom is 0.139 e. The van der Waals surface area contributed by atoms with Crippen LogP contribution in [0.25, 0.3) is 0 Å². The Morgan fingerprint density at radius 2 is 1.23 bits per heavy atom. The maximum absolute atomic E-state index is 2.58. The predicted octanol–water partition coefficient (Wildman–Crippen LogP) is 3.39. The Morgan fingerprint density at radius 1 is 0.727 bits per heavy atom. The molecule has 0 unspecified atom stereocenters. The Hall–Kier alpha value is -0.910. The number of allylic oxidation sites excluding steroid dienone is 2. The summed E-state index contributed by atoms with van der Waals surface area (Å²) in [6.07, 6.45) is 16.4. The molecule has 3 rings (SSSR count). The van der Waals surface area contributed by atoms with Gasteiger partial charge in [-0.05, 0) is 61.8 Å². The van der Waals surface area contributed by atoms with Crippen LogP contribution in [-0.2, 0) is 0 Å². The molecule has 1 aromatic carbocycles. The summed E-state index contributed by atoms with van der Waals surface area (Å²) >= 11 is 0. The number of rotatable bonds is 3. The summed E-state index contributed by atoms with van der Waals surface area (Å²) in [5.74, 6) is 3.50. The monoisotopic (exact) mass is 292 g/mol. The van der Waals surface area contributed by atoms with Crippen LogP contribution in [0.5, 0.6) is 0 Å². The van der Waals surface area contributed by atoms with Gasteiger partial charge in [-0.3, -0.25) is 0 Å². The van der Waals surface area contributed by atoms with Gasteiger partial charge in [-0.15, -0.1) is 0 Å². The Labute approximate surface area is 138 Å². The van der Waals surface area contributed by atoms with Crippen LogP contribution in [0.3, 0.4) is 0 Å². The van der Waals surface area contributed by atoms with Crippen molar-refractivity contribution in [2.75, 3.05) is 0 Å². The highest BCUT2D eigenvalue weighted by molar-refractivity contribution is 6.32. The summed E-state index contributed by atoms with van der Waals surface area (Å²) in [7, 11) is 4.59. The standard InChI is InChI=1S/C20H30B2/c21-19-11-5-16(6-12-19)2-1-15-3-7-17(8-4-15)18-9-13-20(22)14-10-18/h1-2,9-10,13-17,19H,3-8,11-12,21-22H2/b2-1+. The lowest BCUT2D eigenvalue weighted by Crippen LogP contribution is -2.13. The van der Waals surface area contributed by atoms with Crippen LogP contribution in [0.2, 0.25) is 5.82 Å². The lowest BCUT2D eigenvalue weighted by Gasteiger charge is -2.28. The molecule has 2 heteroatoms. The molecule has 0 N–H and O–H groups in total. The highest BCUT2D eigenvalue weighted by Crippen LogP contribution is 2.37. The Kier molecular flexibility index (Phi) is 5.50. The van der Waals surface area contributed by atoms with E-state index >= 15 is 0 Å². The van der Waals surface area contributed by atoms with Crippen molar-refractivity contribution in [1.82, 2.24) is 0 Å². The lowest BCUT2D eigenvalue weighted by molar-refractivity contribution is 0.370. The third kappa shape index (κ3) is 4.31. The molecule has 0 aromatic heterocycles. The minimum Gasteiger partial charge on any atom is -0.0889 e. The molecule has 0 amide bonds. The topological polar surface area (TPSA) is 0 Å². The van der Waals surface area contributed by atoms with Crippen molar-refractivity contribution < 1.29 is 0 Å². The van der Waals surface area contributed by atoms with Crippen LogP contribution in [-0.4, -0.2) is 15.7 Å². The van der Waals surface area contributed by atoms with Crippen LogP contribution in [0, 0.1) is 11.8 Å². The first-order valence-corrected chi connectivity index (χ1v) is 9.45. The van der Waals surface area contributed by atoms with Gasteiger partial charge in [-0.1, -0.05) is 60.5 Å². The van der Waals surface area contributed by atoms with E-state index in [9.17, 15) is 0 Å². The average molecular weight is 292 g/mol. The average Bonchev–Trinajstić information content (AvgIpc) is 2.56. The zero-order valence-electron chi connectivity index (χ0n) is 14.4. The molecule has 0 heterocycles. The number of hydrogen-bond donors (Lipinski definition) is 0. The van der Waals surface area contributed by atoms with Gasteiger partial charge in [0.15, 0.2) is 0 Å². The van der Waals surface area contributed by atoms with E-state index in [0.29, 0.717) is 0 Å². The molecule has 2 aliphatic rings. The van der Waals surface area contributed by atoms with Crippen LogP contribution in [0.1, 0.15) is 62.8 Å². The van der Waals surface area contributed by atoms with E-state index in [1.165, 1.54) is 56.8 Å². The van der Waals surface area contributed by atoms with E-state index in [0.717, 1.165) is 23.6 Å². The van der Waals surface area contributed by atoms with Crippen molar-refractivity contribution in [3.63, 3.8) is 0 Å². The van der Waals surface area contributed by atoms with Gasteiger partial charge in [-0.25, -0.2) is 0 Å². The van der Waals surface area contributed by atoms with Gasteiger partial charge in [-0.2, -0.15) is 0 Å². The molecule has 2 aliphatic carbocycles. The first-order chi connectivity index (χ1) is 10.7. The van der Waals surface area contributed by atoms with E-state index < -0.39 is 0 Å². The summed E-state index contributed by atoms with van der Waals surface area (Å²) in [6, 6.07) is 9.23. The largest absolute Gasteiger partial charge is 0.139 e. The molecule has 0 atom stereocenters. The molecule has 0 spiro atoms. The lowest BCUT2D eigenvalue weighted by atomic mass is 9.71. The minimum atomic E-state index is 0.806. The highest BCUT2D eigenvalue weighted by Gasteiger charge is 2.21. The van der Waals surface area contributed by atoms with Gasteiger partial charge in [0.1, 0.15) is 15.7 Å². The molecule has 2 fully saturated rings. The second kappa shape index (κ2) is 7.57. The first kappa shape index (κ1) is 16.0. The van der Waals surface area contributed by atoms with E-state index in [-0.39, 0.29) is 0 Å². The van der Waals surface area contributed by atoms with Crippen LogP contribution in [0.15, 0.2) is 36.4 Å². The van der Waals surface area contributed by atoms with E-state index in [2.05, 4.69) is 52.1 Å². The van der Waals surface area contributed by atoms with Crippen molar-refractivity contribution in [3.05, 3.63) is 42.0 Å². The van der Waals surface area contributed by atoms with E-state index in [1.807, 2.05) is 0 Å². The molecule has 0 radical (unpaired) electrons. The fourth-order valence-corrected chi connectivity index (χ4v) is 4.28. The van der Waals surface area contributed by atoms with E-state index in [1.54, 1.807) is 5.56 Å². The molecule has 0 saturated heterocycles. The van der Waals surface area contributed by atoms with Crippen molar-refractivity contribution >= 4 is 21.2 Å². The molecular weight excluding hydrogens is 262 g/mol. The molecule has 22 heavy (non-hydrogen) atoms. The highest BCUT2D eigenvalue weighted by atomic mass is 14.3. The van der Waals surface area contributed by atoms with Gasteiger partial charge in [0.05, 0.1) is 0 Å². The molecule has 2 saturated carbocycles. The first-order valence-electron chi connectivity index (χ1n) is 9.45. The zero-order valence-corrected chi connectivity index (χ0v) is 14.4. The second-order valence-electron chi connectivity index (χ2n) is 7.93. The summed E-state index contributed by atoms with van der Waals surface area (Å²) in [5, 5.41) is 0. The van der Waals surface area contributed by atoms with Gasteiger partial charge < -0.3 is 0 Å². The fraction of sp³-hybridized carbons (Fsp3) is 0.600. The quantitative estimate of drug-likeness (QED) is 0.592. The third-order valence-electron chi connectivity index (χ3n) is 6.04. The summed E-state index contributed by atoms with van der Waals surface area (Å²) in [5.41, 5.74) is 2.94. The molecule has 0 bridgehead atoms. The number of hydrogen-bond acceptors (Lipinski definition) is 0. The summed E-state index contributed by atoms with van der Waals surface area (Å²) in [6.45, 7) is 0. The van der Waals surface area contributed by atoms with Crippen molar-refractivity contribution in [1.29, 1.82) is 0 Å². The molecule has 116 valence electrons. The van der Waals surface area contributed by atoms with Gasteiger partial charge in [0.25, 0.3) is 0 Å². The number of benzene rings is 1. The van der Waals surface area contributed by atoms with Gasteiger partial charge in [0, 0.05) is 0 Å². The second-order valence-corrected chi connectivity index (χ2v) is 7.93. The van der Waals surface area contributed by atoms with Gasteiger partial charge >= 0.3 is 0 Å². The normalized spacial score (nSPS) is 33.1. The van der Waals surface area contributed by atoms with Crippen LogP contribution >= 0.6 is 0 Å². The van der Waals surface area contributed by atoms with Crippen LogP contribution < -0.4 is 5.46 Å². The summed E-state index contributed by atoms with van der Waals surface area (Å²) < 4.78 is 0. The molecule has 1 aromatic rings. The minimum absolute atomic E-state index is 0.806. The van der Waals surface area contributed by atoms with Crippen LogP contribution in [0.4, 0.5) is 0 Å². The smallest absolute Gasteiger partial charge is 0.0889 e. The van der Waals surface area contributed by atoms with Crippen molar-refractivity contribution in [2.24, 2.45) is 11.8 Å².